The van der Waals surface area contributed by atoms with E-state index in [0.29, 0.717) is 29.2 Å². The molecule has 2 heterocycles. The molecule has 0 radical (unpaired) electrons. The van der Waals surface area contributed by atoms with E-state index in [1.54, 1.807) is 36.4 Å². The maximum absolute atomic E-state index is 12.4. The van der Waals surface area contributed by atoms with Crippen LogP contribution < -0.4 is 11.1 Å². The second-order valence-electron chi connectivity index (χ2n) is 7.35. The van der Waals surface area contributed by atoms with E-state index in [4.69, 9.17) is 11.1 Å². The number of benzene rings is 1. The highest BCUT2D eigenvalue weighted by Crippen LogP contribution is 2.41. The molecule has 1 aliphatic rings. The van der Waals surface area contributed by atoms with Crippen molar-refractivity contribution in [1.29, 1.82) is 5.41 Å². The molecular weight excluding hydrogens is 388 g/mol. The minimum atomic E-state index is -0.0133. The molecule has 0 unspecified atom stereocenters. The monoisotopic (exact) mass is 410 g/mol. The largest absolute Gasteiger partial charge is 0.506 e. The number of amides is 1. The molecule has 1 aromatic carbocycles. The lowest BCUT2D eigenvalue weighted by Gasteiger charge is -2.24. The molecule has 1 aliphatic carbocycles. The fraction of sp³-hybridized carbons (Fsp3) is 0.300. The lowest BCUT2D eigenvalue weighted by atomic mass is 9.87. The van der Waals surface area contributed by atoms with E-state index in [9.17, 15) is 9.90 Å². The van der Waals surface area contributed by atoms with Crippen molar-refractivity contribution in [2.24, 2.45) is 5.92 Å². The van der Waals surface area contributed by atoms with Gasteiger partial charge in [0.2, 0.25) is 5.91 Å². The number of nitrogens with two attached hydrogens (primary N) is 1. The molecule has 0 saturated carbocycles. The number of aromatic nitrogens is 2. The minimum absolute atomic E-state index is 0.00813. The third-order valence-electron chi connectivity index (χ3n) is 5.25. The zero-order valence-electron chi connectivity index (χ0n) is 16.2. The zero-order valence-corrected chi connectivity index (χ0v) is 17.0. The Hall–Kier alpha value is -3.20. The van der Waals surface area contributed by atoms with Crippen LogP contribution in [-0.2, 0) is 17.6 Å². The number of nitrogen functional groups attached to an aromatic ring is 1. The highest BCUT2D eigenvalue weighted by atomic mass is 32.1. The van der Waals surface area contributed by atoms with Crippen LogP contribution in [-0.4, -0.2) is 46.2 Å². The smallest absolute Gasteiger partial charge is 0.225 e. The number of hydrogen-bond acceptors (Lipinski definition) is 8. The molecule has 0 spiro atoms. The summed E-state index contributed by atoms with van der Waals surface area (Å²) < 4.78 is 0. The number of phenolic OH excluding ortho intramolecular Hbond substituents is 1. The summed E-state index contributed by atoms with van der Waals surface area (Å²) in [5.41, 5.74) is 8.26. The number of anilines is 3. The number of aromatic hydroxyl groups is 1. The summed E-state index contributed by atoms with van der Waals surface area (Å²) in [6.45, 7) is 0. The van der Waals surface area contributed by atoms with E-state index in [1.807, 2.05) is 0 Å². The quantitative estimate of drug-likeness (QED) is 0.297. The second kappa shape index (κ2) is 7.32. The molecule has 0 aliphatic heterocycles. The molecule has 2 aromatic heterocycles. The Kier molecular flexibility index (Phi) is 4.83. The first kappa shape index (κ1) is 19.1. The first-order valence-electron chi connectivity index (χ1n) is 9.25. The zero-order chi connectivity index (χ0) is 20.7. The molecule has 4 rings (SSSR count). The highest BCUT2D eigenvalue weighted by Gasteiger charge is 2.30. The Morgan fingerprint density at radius 1 is 1.41 bits per heavy atom. The number of carbonyl (C=O) groups is 1. The van der Waals surface area contributed by atoms with Crippen molar-refractivity contribution in [3.63, 3.8) is 0 Å². The number of rotatable bonds is 4. The summed E-state index contributed by atoms with van der Waals surface area (Å²) in [6, 6.07) is 3.04. The molecule has 8 nitrogen and oxygen atoms in total. The number of nitrogens with one attached hydrogen (secondary N) is 2. The van der Waals surface area contributed by atoms with Gasteiger partial charge in [-0.15, -0.1) is 11.3 Å². The first-order chi connectivity index (χ1) is 13.9. The normalized spacial score (nSPS) is 15.7. The lowest BCUT2D eigenvalue weighted by molar-refractivity contribution is -0.133. The fourth-order valence-corrected chi connectivity index (χ4v) is 5.02. The van der Waals surface area contributed by atoms with E-state index < -0.39 is 0 Å². The Morgan fingerprint density at radius 3 is 2.93 bits per heavy atom. The lowest BCUT2D eigenvalue weighted by Crippen LogP contribution is -2.32. The molecule has 9 heteroatoms. The number of hydrogen-bond donors (Lipinski definition) is 4. The molecule has 0 saturated heterocycles. The predicted octanol–water partition coefficient (Wildman–Crippen LogP) is 2.91. The van der Waals surface area contributed by atoms with Crippen LogP contribution in [0.25, 0.3) is 10.2 Å². The van der Waals surface area contributed by atoms with E-state index in [0.717, 1.165) is 39.7 Å². The Morgan fingerprint density at radius 2 is 2.21 bits per heavy atom. The van der Waals surface area contributed by atoms with Gasteiger partial charge >= 0.3 is 0 Å². The average molecular weight is 411 g/mol. The SMILES string of the molecule is CN(C)C(=O)[C@H]1CCc2c(sc3ncnc(Nc4cc(C=N)c(N)cc4O)c23)C1. The van der Waals surface area contributed by atoms with Crippen LogP contribution >= 0.6 is 11.3 Å². The maximum Gasteiger partial charge on any atom is 0.225 e. The second-order valence-corrected chi connectivity index (χ2v) is 8.43. The summed E-state index contributed by atoms with van der Waals surface area (Å²) in [6.07, 6.45) is 4.90. The predicted molar refractivity (Wildman–Crippen MR) is 115 cm³/mol. The number of thiophene rings is 1. The number of aryl methyl sites for hydroxylation is 1. The van der Waals surface area contributed by atoms with Gasteiger partial charge in [0.15, 0.2) is 0 Å². The molecule has 1 atom stereocenters. The standard InChI is InChI=1S/C20H22N6O2S/c1-26(2)20(28)10-3-4-12-16(6-10)29-19-17(12)18(23-9-24-19)25-14-5-11(8-21)13(22)7-15(14)27/h5,7-10,21,27H,3-4,6,22H2,1-2H3,(H,23,24,25)/t10-/m0/s1. The van der Waals surface area contributed by atoms with Crippen molar-refractivity contribution in [2.75, 3.05) is 25.1 Å². The summed E-state index contributed by atoms with van der Waals surface area (Å²) in [7, 11) is 3.58. The molecule has 0 bridgehead atoms. The van der Waals surface area contributed by atoms with Gasteiger partial charge in [-0.25, -0.2) is 9.97 Å². The maximum atomic E-state index is 12.4. The highest BCUT2D eigenvalue weighted by molar-refractivity contribution is 7.19. The van der Waals surface area contributed by atoms with E-state index in [2.05, 4.69) is 15.3 Å². The summed E-state index contributed by atoms with van der Waals surface area (Å²) >= 11 is 1.59. The fourth-order valence-electron chi connectivity index (χ4n) is 3.75. The van der Waals surface area contributed by atoms with Crippen LogP contribution in [0.1, 0.15) is 22.4 Å². The van der Waals surface area contributed by atoms with E-state index in [-0.39, 0.29) is 17.6 Å². The molecule has 0 fully saturated rings. The topological polar surface area (TPSA) is 128 Å². The van der Waals surface area contributed by atoms with Gasteiger partial charge in [0, 0.05) is 48.4 Å². The van der Waals surface area contributed by atoms with Crippen LogP contribution in [0.4, 0.5) is 17.2 Å². The molecule has 150 valence electrons. The molecular formula is C20H22N6O2S. The van der Waals surface area contributed by atoms with Crippen molar-refractivity contribution in [1.82, 2.24) is 14.9 Å². The van der Waals surface area contributed by atoms with Gasteiger partial charge in [-0.1, -0.05) is 0 Å². The third kappa shape index (κ3) is 3.38. The molecule has 3 aromatic rings. The average Bonchev–Trinajstić information content (AvgIpc) is 3.07. The van der Waals surface area contributed by atoms with Crippen molar-refractivity contribution in [3.05, 3.63) is 34.5 Å². The van der Waals surface area contributed by atoms with Crippen molar-refractivity contribution in [2.45, 2.75) is 19.3 Å². The van der Waals surface area contributed by atoms with E-state index >= 15 is 0 Å². The minimum Gasteiger partial charge on any atom is -0.506 e. The van der Waals surface area contributed by atoms with Crippen molar-refractivity contribution >= 4 is 50.9 Å². The summed E-state index contributed by atoms with van der Waals surface area (Å²) in [4.78, 5) is 24.9. The van der Waals surface area contributed by atoms with Gasteiger partial charge in [-0.2, -0.15) is 0 Å². The Labute approximate surface area is 171 Å². The van der Waals surface area contributed by atoms with Gasteiger partial charge in [0.05, 0.1) is 11.1 Å². The number of phenols is 1. The molecule has 29 heavy (non-hydrogen) atoms. The molecule has 5 N–H and O–H groups in total. The third-order valence-corrected chi connectivity index (χ3v) is 6.41. The van der Waals surface area contributed by atoms with Gasteiger partial charge in [-0.05, 0) is 30.9 Å². The summed E-state index contributed by atoms with van der Waals surface area (Å²) in [5, 5.41) is 21.9. The van der Waals surface area contributed by atoms with Crippen molar-refractivity contribution in [3.8, 4) is 5.75 Å². The van der Waals surface area contributed by atoms with Crippen LogP contribution in [0.5, 0.6) is 5.75 Å². The van der Waals surface area contributed by atoms with Crippen LogP contribution in [0.2, 0.25) is 0 Å². The Bertz CT molecular complexity index is 1120. The van der Waals surface area contributed by atoms with Crippen LogP contribution in [0, 0.1) is 11.3 Å². The van der Waals surface area contributed by atoms with Gasteiger partial charge < -0.3 is 26.5 Å². The van der Waals surface area contributed by atoms with Crippen LogP contribution in [0.3, 0.4) is 0 Å². The first-order valence-corrected chi connectivity index (χ1v) is 10.1. The van der Waals surface area contributed by atoms with Gasteiger partial charge in [0.1, 0.15) is 22.7 Å². The number of carbonyl (C=O) groups excluding carboxylic acids is 1. The number of fused-ring (bicyclic) bond motifs is 3. The van der Waals surface area contributed by atoms with Crippen molar-refractivity contribution < 1.29 is 9.90 Å². The van der Waals surface area contributed by atoms with E-state index in [1.165, 1.54) is 12.4 Å². The number of nitrogens with zero attached hydrogens (tertiary/aromatic N) is 3. The summed E-state index contributed by atoms with van der Waals surface area (Å²) in [5.74, 6) is 0.733. The van der Waals surface area contributed by atoms with Crippen LogP contribution in [0.15, 0.2) is 18.5 Å². The van der Waals surface area contributed by atoms with Gasteiger partial charge in [-0.3, -0.25) is 4.79 Å². The Balaban J connectivity index is 1.73. The van der Waals surface area contributed by atoms with Gasteiger partial charge in [0.25, 0.3) is 0 Å². The molecule has 1 amide bonds.